The number of para-hydroxylation sites is 4. The van der Waals surface area contributed by atoms with Crippen molar-refractivity contribution in [2.45, 2.75) is 6.42 Å². The van der Waals surface area contributed by atoms with Crippen LogP contribution in [0.4, 0.5) is 22.7 Å². The van der Waals surface area contributed by atoms with Crippen molar-refractivity contribution in [1.82, 2.24) is 10.9 Å². The predicted molar refractivity (Wildman–Crippen MR) is 85.2 cm³/mol. The third-order valence-corrected chi connectivity index (χ3v) is 3.34. The minimum Gasteiger partial charge on any atom is -0.298 e. The monoisotopic (exact) mass is 278 g/mol. The van der Waals surface area contributed by atoms with Crippen LogP contribution >= 0.6 is 0 Å². The number of anilines is 2. The first kappa shape index (κ1) is 11.8. The molecule has 6 heteroatoms. The fraction of sp³-hybridized carbons (Fsp3) is 0.0667. The lowest BCUT2D eigenvalue weighted by molar-refractivity contribution is 1.02. The topological polar surface area (TPSA) is 72.8 Å². The molecule has 21 heavy (non-hydrogen) atoms. The van der Waals surface area contributed by atoms with Gasteiger partial charge in [0.25, 0.3) is 0 Å². The van der Waals surface area contributed by atoms with Gasteiger partial charge < -0.3 is 0 Å². The summed E-state index contributed by atoms with van der Waals surface area (Å²) in [6.07, 6.45) is 0.586. The zero-order chi connectivity index (χ0) is 14.1. The number of amidine groups is 2. The molecule has 2 aliphatic rings. The summed E-state index contributed by atoms with van der Waals surface area (Å²) in [4.78, 5) is 9.18. The van der Waals surface area contributed by atoms with Crippen LogP contribution in [0.3, 0.4) is 0 Å². The molecule has 4 N–H and O–H groups in total. The Morgan fingerprint density at radius 2 is 1.10 bits per heavy atom. The van der Waals surface area contributed by atoms with Crippen LogP contribution in [0.2, 0.25) is 0 Å². The van der Waals surface area contributed by atoms with Crippen LogP contribution in [0, 0.1) is 0 Å². The van der Waals surface area contributed by atoms with E-state index < -0.39 is 0 Å². The quantitative estimate of drug-likeness (QED) is 0.681. The van der Waals surface area contributed by atoms with E-state index in [2.05, 4.69) is 31.7 Å². The molecule has 0 radical (unpaired) electrons. The highest BCUT2D eigenvalue weighted by Gasteiger charge is 2.15. The molecule has 0 saturated carbocycles. The summed E-state index contributed by atoms with van der Waals surface area (Å²) in [5.41, 5.74) is 16.3. The molecule has 0 unspecified atom stereocenters. The number of fused-ring (bicyclic) bond motifs is 2. The lowest BCUT2D eigenvalue weighted by Crippen LogP contribution is -2.39. The molecule has 104 valence electrons. The van der Waals surface area contributed by atoms with Gasteiger partial charge in [-0.3, -0.25) is 21.7 Å². The van der Waals surface area contributed by atoms with E-state index in [0.29, 0.717) is 6.42 Å². The normalized spacial score (nSPS) is 15.0. The lowest BCUT2D eigenvalue weighted by Gasteiger charge is -2.22. The van der Waals surface area contributed by atoms with Gasteiger partial charge >= 0.3 is 0 Å². The van der Waals surface area contributed by atoms with Gasteiger partial charge in [-0.25, -0.2) is 9.98 Å². The minimum absolute atomic E-state index is 0.586. The first-order valence-electron chi connectivity index (χ1n) is 6.76. The smallest absolute Gasteiger partial charge is 0.128 e. The second-order valence-electron chi connectivity index (χ2n) is 4.83. The molecule has 2 heterocycles. The van der Waals surface area contributed by atoms with Crippen molar-refractivity contribution in [3.05, 3.63) is 48.5 Å². The molecule has 0 fully saturated rings. The summed E-state index contributed by atoms with van der Waals surface area (Å²) in [7, 11) is 0. The number of nitrogens with one attached hydrogen (secondary N) is 4. The van der Waals surface area contributed by atoms with E-state index in [1.165, 1.54) is 0 Å². The first-order valence-corrected chi connectivity index (χ1v) is 6.76. The van der Waals surface area contributed by atoms with Gasteiger partial charge in [-0.2, -0.15) is 0 Å². The number of hydrogen-bond acceptors (Lipinski definition) is 6. The molecule has 0 aromatic heterocycles. The fourth-order valence-electron chi connectivity index (χ4n) is 2.31. The molecular formula is C15H14N6. The second-order valence-corrected chi connectivity index (χ2v) is 4.83. The van der Waals surface area contributed by atoms with Crippen LogP contribution in [0.5, 0.6) is 0 Å². The number of nitrogens with zero attached hydrogens (tertiary/aromatic N) is 2. The summed E-state index contributed by atoms with van der Waals surface area (Å²) < 4.78 is 0. The molecule has 2 aromatic carbocycles. The molecular weight excluding hydrogens is 264 g/mol. The van der Waals surface area contributed by atoms with E-state index in [1.54, 1.807) is 0 Å². The Kier molecular flexibility index (Phi) is 2.71. The van der Waals surface area contributed by atoms with Crippen LogP contribution in [0.1, 0.15) is 6.42 Å². The van der Waals surface area contributed by atoms with Crippen LogP contribution in [0.25, 0.3) is 0 Å². The number of benzene rings is 2. The summed E-state index contributed by atoms with van der Waals surface area (Å²) in [6, 6.07) is 15.8. The fourth-order valence-corrected chi connectivity index (χ4v) is 2.31. The van der Waals surface area contributed by atoms with Crippen LogP contribution in [-0.4, -0.2) is 11.7 Å². The Bertz CT molecular complexity index is 686. The minimum atomic E-state index is 0.586. The lowest BCUT2D eigenvalue weighted by atomic mass is 10.2. The molecule has 2 aromatic rings. The van der Waals surface area contributed by atoms with E-state index in [-0.39, 0.29) is 0 Å². The molecule has 0 saturated heterocycles. The molecule has 2 aliphatic heterocycles. The Morgan fingerprint density at radius 3 is 1.62 bits per heavy atom. The Balaban J connectivity index is 1.58. The molecule has 0 amide bonds. The van der Waals surface area contributed by atoms with E-state index in [9.17, 15) is 0 Å². The summed E-state index contributed by atoms with van der Waals surface area (Å²) in [5.74, 6) is 1.64. The van der Waals surface area contributed by atoms with Crippen molar-refractivity contribution in [3.63, 3.8) is 0 Å². The molecule has 0 bridgehead atoms. The average molecular weight is 278 g/mol. The zero-order valence-electron chi connectivity index (χ0n) is 11.2. The standard InChI is InChI=1S/C15H14N6/c1-3-7-12-10(5-1)16-14(20-18-12)9-15-17-11-6-2-4-8-13(11)19-21-15/h1-8,18-19H,9H2,(H,16,20)(H,17,21). The summed E-state index contributed by atoms with van der Waals surface area (Å²) >= 11 is 0. The maximum atomic E-state index is 4.59. The third kappa shape index (κ3) is 2.27. The van der Waals surface area contributed by atoms with Crippen molar-refractivity contribution in [2.75, 3.05) is 10.9 Å². The zero-order valence-corrected chi connectivity index (χ0v) is 11.2. The summed E-state index contributed by atoms with van der Waals surface area (Å²) in [6.45, 7) is 0. The Hall–Kier alpha value is -3.02. The van der Waals surface area contributed by atoms with Crippen molar-refractivity contribution < 1.29 is 0 Å². The maximum absolute atomic E-state index is 4.59. The molecule has 0 atom stereocenters. The van der Waals surface area contributed by atoms with Crippen LogP contribution < -0.4 is 21.7 Å². The van der Waals surface area contributed by atoms with E-state index in [0.717, 1.165) is 34.4 Å². The number of hydrazine groups is 2. The maximum Gasteiger partial charge on any atom is 0.128 e. The Labute approximate surface area is 122 Å². The second kappa shape index (κ2) is 4.82. The SMILES string of the molecule is c1ccc2c(c1)N=C(CC1=Nc3ccccc3NN1)NN2. The molecule has 4 rings (SSSR count). The van der Waals surface area contributed by atoms with Crippen molar-refractivity contribution in [3.8, 4) is 0 Å². The molecule has 0 spiro atoms. The van der Waals surface area contributed by atoms with Gasteiger partial charge in [-0.1, -0.05) is 24.3 Å². The molecule has 0 aliphatic carbocycles. The highest BCUT2D eigenvalue weighted by Crippen LogP contribution is 2.28. The number of hydrogen-bond donors (Lipinski definition) is 4. The predicted octanol–water partition coefficient (Wildman–Crippen LogP) is 2.70. The highest BCUT2D eigenvalue weighted by atomic mass is 15.4. The van der Waals surface area contributed by atoms with E-state index in [4.69, 9.17) is 0 Å². The van der Waals surface area contributed by atoms with Crippen LogP contribution in [0.15, 0.2) is 58.5 Å². The third-order valence-electron chi connectivity index (χ3n) is 3.34. The van der Waals surface area contributed by atoms with Gasteiger partial charge in [-0.15, -0.1) is 0 Å². The largest absolute Gasteiger partial charge is 0.298 e. The van der Waals surface area contributed by atoms with Crippen molar-refractivity contribution in [1.29, 1.82) is 0 Å². The van der Waals surface area contributed by atoms with Gasteiger partial charge in [0.1, 0.15) is 11.7 Å². The van der Waals surface area contributed by atoms with Gasteiger partial charge in [0.15, 0.2) is 0 Å². The van der Waals surface area contributed by atoms with Crippen molar-refractivity contribution >= 4 is 34.4 Å². The first-order chi connectivity index (χ1) is 10.4. The van der Waals surface area contributed by atoms with Crippen molar-refractivity contribution in [2.24, 2.45) is 9.98 Å². The van der Waals surface area contributed by atoms with Gasteiger partial charge in [-0.05, 0) is 24.3 Å². The Morgan fingerprint density at radius 1 is 0.619 bits per heavy atom. The van der Waals surface area contributed by atoms with Crippen LogP contribution in [-0.2, 0) is 0 Å². The molecule has 6 nitrogen and oxygen atoms in total. The van der Waals surface area contributed by atoms with Gasteiger partial charge in [0.05, 0.1) is 29.2 Å². The average Bonchev–Trinajstić information content (AvgIpc) is 2.55. The number of aliphatic imine (C=N–C) groups is 2. The van der Waals surface area contributed by atoms with Gasteiger partial charge in [0.2, 0.25) is 0 Å². The van der Waals surface area contributed by atoms with E-state index in [1.807, 2.05) is 48.5 Å². The summed E-state index contributed by atoms with van der Waals surface area (Å²) in [5, 5.41) is 0. The highest BCUT2D eigenvalue weighted by molar-refractivity contribution is 6.07. The van der Waals surface area contributed by atoms with Gasteiger partial charge in [0, 0.05) is 0 Å². The number of rotatable bonds is 2. The van der Waals surface area contributed by atoms with E-state index >= 15 is 0 Å².